The quantitative estimate of drug-likeness (QED) is 0.535. The molecule has 1 saturated heterocycles. The molecular formula is C11H25N5O. The molecule has 6 heteroatoms. The zero-order valence-electron chi connectivity index (χ0n) is 11.0. The van der Waals surface area contributed by atoms with E-state index in [0.717, 1.165) is 45.8 Å². The molecule has 0 aliphatic carbocycles. The van der Waals surface area contributed by atoms with Crippen LogP contribution in [0.2, 0.25) is 0 Å². The predicted octanol–water partition coefficient (Wildman–Crippen LogP) is -1.45. The molecule has 100 valence electrons. The zero-order valence-corrected chi connectivity index (χ0v) is 11.0. The van der Waals surface area contributed by atoms with Crippen LogP contribution in [-0.2, 0) is 4.79 Å². The van der Waals surface area contributed by atoms with E-state index in [0.29, 0.717) is 6.54 Å². The van der Waals surface area contributed by atoms with Crippen LogP contribution in [0.1, 0.15) is 6.92 Å². The number of nitrogens with two attached hydrogens (primary N) is 1. The first-order chi connectivity index (χ1) is 8.11. The highest BCUT2D eigenvalue weighted by Crippen LogP contribution is 2.00. The van der Waals surface area contributed by atoms with Crippen molar-refractivity contribution in [2.24, 2.45) is 5.73 Å². The van der Waals surface area contributed by atoms with E-state index in [1.54, 1.807) is 0 Å². The van der Waals surface area contributed by atoms with Crippen LogP contribution in [0.4, 0.5) is 0 Å². The lowest BCUT2D eigenvalue weighted by atomic mass is 10.3. The molecule has 1 rings (SSSR count). The maximum atomic E-state index is 10.8. The Morgan fingerprint density at radius 2 is 1.88 bits per heavy atom. The minimum atomic E-state index is -0.231. The van der Waals surface area contributed by atoms with Crippen molar-refractivity contribution < 1.29 is 4.79 Å². The van der Waals surface area contributed by atoms with Gasteiger partial charge in [-0.05, 0) is 0 Å². The summed E-state index contributed by atoms with van der Waals surface area (Å²) in [6.07, 6.45) is 0. The Hall–Kier alpha value is -0.690. The Bertz CT molecular complexity index is 228. The number of likely N-dealkylation sites (N-methyl/N-ethyl adjacent to an activating group) is 1. The molecule has 0 spiro atoms. The third-order valence-electron chi connectivity index (χ3n) is 3.02. The summed E-state index contributed by atoms with van der Waals surface area (Å²) in [5, 5.41) is 2.12. The van der Waals surface area contributed by atoms with Crippen molar-refractivity contribution in [1.29, 1.82) is 0 Å². The number of carbonyl (C=O) groups is 1. The highest BCUT2D eigenvalue weighted by molar-refractivity contribution is 5.75. The number of hydrogen-bond donors (Lipinski definition) is 2. The molecule has 0 saturated carbocycles. The number of amides is 1. The van der Waals surface area contributed by atoms with Gasteiger partial charge < -0.3 is 5.73 Å². The second-order valence-corrected chi connectivity index (χ2v) is 4.52. The average Bonchev–Trinajstić information content (AvgIpc) is 2.28. The van der Waals surface area contributed by atoms with E-state index in [1.807, 2.05) is 0 Å². The standard InChI is InChI=1S/C11H25N5O/c1-3-13-14(2)4-5-15-6-8-16(9-7-15)10-11(12)17/h13H,3-10H2,1-2H3,(H2,12,17). The highest BCUT2D eigenvalue weighted by atomic mass is 16.1. The normalized spacial score (nSPS) is 18.8. The number of hydrazine groups is 1. The molecule has 0 unspecified atom stereocenters. The van der Waals surface area contributed by atoms with E-state index < -0.39 is 0 Å². The summed E-state index contributed by atoms with van der Waals surface area (Å²) in [5.74, 6) is -0.231. The fourth-order valence-corrected chi connectivity index (χ4v) is 2.03. The molecule has 1 aliphatic rings. The first kappa shape index (κ1) is 14.4. The van der Waals surface area contributed by atoms with Crippen molar-refractivity contribution in [2.75, 3.05) is 59.4 Å². The van der Waals surface area contributed by atoms with Crippen LogP contribution in [0.15, 0.2) is 0 Å². The first-order valence-corrected chi connectivity index (χ1v) is 6.29. The minimum absolute atomic E-state index is 0.231. The van der Waals surface area contributed by atoms with E-state index in [-0.39, 0.29) is 5.91 Å². The largest absolute Gasteiger partial charge is 0.369 e. The maximum Gasteiger partial charge on any atom is 0.231 e. The van der Waals surface area contributed by atoms with Gasteiger partial charge in [-0.2, -0.15) is 0 Å². The Kier molecular flexibility index (Phi) is 6.43. The predicted molar refractivity (Wildman–Crippen MR) is 68.4 cm³/mol. The van der Waals surface area contributed by atoms with Gasteiger partial charge in [0.25, 0.3) is 0 Å². The lowest BCUT2D eigenvalue weighted by molar-refractivity contribution is -0.119. The molecule has 1 amide bonds. The van der Waals surface area contributed by atoms with Crippen LogP contribution in [0.5, 0.6) is 0 Å². The van der Waals surface area contributed by atoms with Crippen molar-refractivity contribution in [2.45, 2.75) is 6.92 Å². The average molecular weight is 243 g/mol. The van der Waals surface area contributed by atoms with Crippen molar-refractivity contribution in [3.05, 3.63) is 0 Å². The van der Waals surface area contributed by atoms with E-state index in [4.69, 9.17) is 5.73 Å². The van der Waals surface area contributed by atoms with Crippen LogP contribution < -0.4 is 11.2 Å². The van der Waals surface area contributed by atoms with Gasteiger partial charge in [0.15, 0.2) is 0 Å². The van der Waals surface area contributed by atoms with Gasteiger partial charge in [-0.1, -0.05) is 6.92 Å². The lowest BCUT2D eigenvalue weighted by Gasteiger charge is -2.34. The number of nitrogens with zero attached hydrogens (tertiary/aromatic N) is 3. The molecule has 0 aromatic carbocycles. The first-order valence-electron chi connectivity index (χ1n) is 6.29. The molecule has 0 atom stereocenters. The van der Waals surface area contributed by atoms with E-state index in [2.05, 4.69) is 34.2 Å². The van der Waals surface area contributed by atoms with Gasteiger partial charge >= 0.3 is 0 Å². The summed E-state index contributed by atoms with van der Waals surface area (Å²) >= 11 is 0. The molecule has 0 radical (unpaired) electrons. The molecule has 1 heterocycles. The number of piperazine rings is 1. The van der Waals surface area contributed by atoms with Crippen LogP contribution >= 0.6 is 0 Å². The van der Waals surface area contributed by atoms with Gasteiger partial charge in [0.05, 0.1) is 6.54 Å². The number of carbonyl (C=O) groups excluding carboxylic acids is 1. The summed E-state index contributed by atoms with van der Waals surface area (Å²) in [6, 6.07) is 0. The summed E-state index contributed by atoms with van der Waals surface area (Å²) in [5.41, 5.74) is 8.44. The summed E-state index contributed by atoms with van der Waals surface area (Å²) in [7, 11) is 2.06. The lowest BCUT2D eigenvalue weighted by Crippen LogP contribution is -2.50. The van der Waals surface area contributed by atoms with Crippen molar-refractivity contribution in [3.63, 3.8) is 0 Å². The fourth-order valence-electron chi connectivity index (χ4n) is 2.03. The van der Waals surface area contributed by atoms with Crippen LogP contribution in [-0.4, -0.2) is 80.1 Å². The Labute approximate surface area is 104 Å². The summed E-state index contributed by atoms with van der Waals surface area (Å²) in [4.78, 5) is 15.3. The summed E-state index contributed by atoms with van der Waals surface area (Å²) in [6.45, 7) is 9.45. The molecule has 6 nitrogen and oxygen atoms in total. The Balaban J connectivity index is 2.12. The monoisotopic (exact) mass is 243 g/mol. The topological polar surface area (TPSA) is 64.8 Å². The van der Waals surface area contributed by atoms with Gasteiger partial charge in [0, 0.05) is 52.9 Å². The third kappa shape index (κ3) is 5.97. The van der Waals surface area contributed by atoms with Crippen LogP contribution in [0.3, 0.4) is 0 Å². The summed E-state index contributed by atoms with van der Waals surface area (Å²) < 4.78 is 0. The Morgan fingerprint density at radius 1 is 1.29 bits per heavy atom. The van der Waals surface area contributed by atoms with Crippen molar-refractivity contribution >= 4 is 5.91 Å². The number of hydrogen-bond acceptors (Lipinski definition) is 5. The van der Waals surface area contributed by atoms with Crippen LogP contribution in [0, 0.1) is 0 Å². The second kappa shape index (κ2) is 7.60. The van der Waals surface area contributed by atoms with Crippen molar-refractivity contribution in [1.82, 2.24) is 20.2 Å². The molecule has 1 aliphatic heterocycles. The Morgan fingerprint density at radius 3 is 2.41 bits per heavy atom. The second-order valence-electron chi connectivity index (χ2n) is 4.52. The molecule has 1 fully saturated rings. The number of rotatable bonds is 7. The van der Waals surface area contributed by atoms with Gasteiger partial charge in [0.2, 0.25) is 5.91 Å². The smallest absolute Gasteiger partial charge is 0.231 e. The van der Waals surface area contributed by atoms with Crippen LogP contribution in [0.25, 0.3) is 0 Å². The molecule has 0 aromatic rings. The van der Waals surface area contributed by atoms with Gasteiger partial charge in [-0.15, -0.1) is 0 Å². The molecule has 0 bridgehead atoms. The van der Waals surface area contributed by atoms with Gasteiger partial charge in [0.1, 0.15) is 0 Å². The van der Waals surface area contributed by atoms with Gasteiger partial charge in [-0.3, -0.25) is 20.0 Å². The fraction of sp³-hybridized carbons (Fsp3) is 0.909. The molecule has 3 N–H and O–H groups in total. The van der Waals surface area contributed by atoms with Crippen molar-refractivity contribution in [3.8, 4) is 0 Å². The number of nitrogens with one attached hydrogen (secondary N) is 1. The maximum absolute atomic E-state index is 10.8. The van der Waals surface area contributed by atoms with E-state index in [1.165, 1.54) is 0 Å². The van der Waals surface area contributed by atoms with E-state index >= 15 is 0 Å². The zero-order chi connectivity index (χ0) is 12.7. The van der Waals surface area contributed by atoms with E-state index in [9.17, 15) is 4.79 Å². The minimum Gasteiger partial charge on any atom is -0.369 e. The highest BCUT2D eigenvalue weighted by Gasteiger charge is 2.17. The third-order valence-corrected chi connectivity index (χ3v) is 3.02. The number of primary amides is 1. The SMILES string of the molecule is CCNN(C)CCN1CCN(CC(N)=O)CC1. The molecule has 0 aromatic heterocycles. The molecular weight excluding hydrogens is 218 g/mol. The van der Waals surface area contributed by atoms with Gasteiger partial charge in [-0.25, -0.2) is 5.01 Å². The molecule has 17 heavy (non-hydrogen) atoms.